The molecule has 1 N–H and O–H groups in total. The number of aromatic nitrogens is 2. The third-order valence-electron chi connectivity index (χ3n) is 2.53. The molecule has 0 saturated carbocycles. The number of hydrogen-bond acceptors (Lipinski definition) is 5. The lowest BCUT2D eigenvalue weighted by Crippen LogP contribution is -2.35. The molecule has 0 bridgehead atoms. The van der Waals surface area contributed by atoms with Gasteiger partial charge in [0, 0.05) is 18.1 Å². The molecule has 0 aliphatic carbocycles. The molecular weight excluding hydrogens is 222 g/mol. The summed E-state index contributed by atoms with van der Waals surface area (Å²) in [7, 11) is 0. The number of nitrogens with zero attached hydrogens (tertiary/aromatic N) is 2. The van der Waals surface area contributed by atoms with Crippen molar-refractivity contribution in [3.63, 3.8) is 0 Å². The summed E-state index contributed by atoms with van der Waals surface area (Å²) in [6, 6.07) is 0. The van der Waals surface area contributed by atoms with Crippen LogP contribution in [0.5, 0.6) is 0 Å². The van der Waals surface area contributed by atoms with Crippen LogP contribution in [0.25, 0.3) is 0 Å². The van der Waals surface area contributed by atoms with Crippen molar-refractivity contribution in [2.45, 2.75) is 45.2 Å². The Morgan fingerprint density at radius 1 is 1.44 bits per heavy atom. The molecule has 5 heteroatoms. The van der Waals surface area contributed by atoms with Gasteiger partial charge in [0.15, 0.2) is 0 Å². The van der Waals surface area contributed by atoms with E-state index in [1.807, 2.05) is 0 Å². The maximum Gasteiger partial charge on any atom is 0.131 e. The van der Waals surface area contributed by atoms with E-state index in [0.29, 0.717) is 5.92 Å². The van der Waals surface area contributed by atoms with Gasteiger partial charge in [-0.15, -0.1) is 10.2 Å². The minimum absolute atomic E-state index is 0.127. The largest absolute Gasteiger partial charge is 0.381 e. The van der Waals surface area contributed by atoms with E-state index in [1.54, 1.807) is 11.3 Å². The molecule has 1 aromatic heterocycles. The van der Waals surface area contributed by atoms with E-state index in [1.165, 1.54) is 0 Å². The molecule has 1 atom stereocenters. The highest BCUT2D eigenvalue weighted by atomic mass is 32.1. The van der Waals surface area contributed by atoms with Gasteiger partial charge in [-0.1, -0.05) is 11.3 Å². The summed E-state index contributed by atoms with van der Waals surface area (Å²) in [4.78, 5) is 0. The van der Waals surface area contributed by atoms with E-state index in [0.717, 1.165) is 36.2 Å². The zero-order chi connectivity index (χ0) is 11.6. The van der Waals surface area contributed by atoms with Crippen molar-refractivity contribution in [1.82, 2.24) is 15.5 Å². The fourth-order valence-corrected chi connectivity index (χ4v) is 2.47. The monoisotopic (exact) mass is 241 g/mol. The molecule has 1 fully saturated rings. The van der Waals surface area contributed by atoms with Gasteiger partial charge in [-0.3, -0.25) is 0 Å². The van der Waals surface area contributed by atoms with Crippen molar-refractivity contribution in [1.29, 1.82) is 0 Å². The van der Waals surface area contributed by atoms with Crippen LogP contribution in [0.4, 0.5) is 0 Å². The first-order valence-corrected chi connectivity index (χ1v) is 6.51. The standard InChI is InChI=1S/C11H19N3OS/c1-11(2,3)12-6-9-13-14-10(16-9)8-4-5-15-7-8/h8,12H,4-7H2,1-3H3. The zero-order valence-corrected chi connectivity index (χ0v) is 10.9. The highest BCUT2D eigenvalue weighted by Gasteiger charge is 2.22. The topological polar surface area (TPSA) is 47.0 Å². The van der Waals surface area contributed by atoms with Crippen molar-refractivity contribution in [3.05, 3.63) is 10.0 Å². The number of nitrogens with one attached hydrogen (secondary N) is 1. The summed E-state index contributed by atoms with van der Waals surface area (Å²) < 4.78 is 5.36. The van der Waals surface area contributed by atoms with Gasteiger partial charge in [0.05, 0.1) is 13.2 Å². The summed E-state index contributed by atoms with van der Waals surface area (Å²) in [5, 5.41) is 14.1. The van der Waals surface area contributed by atoms with Gasteiger partial charge in [0.2, 0.25) is 0 Å². The molecule has 4 nitrogen and oxygen atoms in total. The number of rotatable bonds is 3. The highest BCUT2D eigenvalue weighted by Crippen LogP contribution is 2.27. The van der Waals surface area contributed by atoms with E-state index in [2.05, 4.69) is 36.3 Å². The second-order valence-electron chi connectivity index (χ2n) is 5.20. The molecule has 0 amide bonds. The lowest BCUT2D eigenvalue weighted by Gasteiger charge is -2.19. The maximum absolute atomic E-state index is 5.36. The third kappa shape index (κ3) is 3.23. The zero-order valence-electron chi connectivity index (χ0n) is 10.1. The van der Waals surface area contributed by atoms with E-state index >= 15 is 0 Å². The van der Waals surface area contributed by atoms with Crippen LogP contribution in [0.15, 0.2) is 0 Å². The van der Waals surface area contributed by atoms with Crippen LogP contribution in [-0.4, -0.2) is 29.0 Å². The van der Waals surface area contributed by atoms with Gasteiger partial charge < -0.3 is 10.1 Å². The summed E-state index contributed by atoms with van der Waals surface area (Å²) in [5.74, 6) is 0.473. The van der Waals surface area contributed by atoms with Crippen molar-refractivity contribution < 1.29 is 4.74 Å². The van der Waals surface area contributed by atoms with E-state index in [4.69, 9.17) is 4.74 Å². The summed E-state index contributed by atoms with van der Waals surface area (Å²) >= 11 is 1.71. The number of ether oxygens (including phenoxy) is 1. The smallest absolute Gasteiger partial charge is 0.131 e. The van der Waals surface area contributed by atoms with Gasteiger partial charge >= 0.3 is 0 Å². The normalized spacial score (nSPS) is 21.6. The Morgan fingerprint density at radius 3 is 2.88 bits per heavy atom. The Hall–Kier alpha value is -0.520. The van der Waals surface area contributed by atoms with Crippen molar-refractivity contribution >= 4 is 11.3 Å². The molecule has 16 heavy (non-hydrogen) atoms. The molecule has 2 heterocycles. The van der Waals surface area contributed by atoms with Gasteiger partial charge in [-0.25, -0.2) is 0 Å². The van der Waals surface area contributed by atoms with Crippen molar-refractivity contribution in [2.24, 2.45) is 0 Å². The molecule has 0 spiro atoms. The second-order valence-corrected chi connectivity index (χ2v) is 6.29. The summed E-state index contributed by atoms with van der Waals surface area (Å²) in [6.07, 6.45) is 1.08. The van der Waals surface area contributed by atoms with Gasteiger partial charge in [0.25, 0.3) is 0 Å². The van der Waals surface area contributed by atoms with Crippen LogP contribution in [0.1, 0.15) is 43.1 Å². The Morgan fingerprint density at radius 2 is 2.25 bits per heavy atom. The average Bonchev–Trinajstić information content (AvgIpc) is 2.84. The molecule has 2 rings (SSSR count). The minimum Gasteiger partial charge on any atom is -0.381 e. The van der Waals surface area contributed by atoms with Gasteiger partial charge in [-0.2, -0.15) is 0 Å². The highest BCUT2D eigenvalue weighted by molar-refractivity contribution is 7.11. The predicted octanol–water partition coefficient (Wildman–Crippen LogP) is 1.93. The molecule has 90 valence electrons. The Bertz CT molecular complexity index is 339. The van der Waals surface area contributed by atoms with Crippen LogP contribution in [-0.2, 0) is 11.3 Å². The Labute approximate surface area is 100 Å². The quantitative estimate of drug-likeness (QED) is 0.878. The first kappa shape index (κ1) is 12.0. The molecule has 1 aromatic rings. The molecule has 0 radical (unpaired) electrons. The lowest BCUT2D eigenvalue weighted by molar-refractivity contribution is 0.194. The van der Waals surface area contributed by atoms with Crippen LogP contribution in [0, 0.1) is 0 Å². The summed E-state index contributed by atoms with van der Waals surface area (Å²) in [5.41, 5.74) is 0.127. The minimum atomic E-state index is 0.127. The molecular formula is C11H19N3OS. The number of hydrogen-bond donors (Lipinski definition) is 1. The second kappa shape index (κ2) is 4.77. The van der Waals surface area contributed by atoms with Gasteiger partial charge in [-0.05, 0) is 27.2 Å². The van der Waals surface area contributed by atoms with E-state index in [-0.39, 0.29) is 5.54 Å². The van der Waals surface area contributed by atoms with Crippen LogP contribution >= 0.6 is 11.3 Å². The molecule has 1 saturated heterocycles. The molecule has 0 aromatic carbocycles. The molecule has 1 aliphatic heterocycles. The van der Waals surface area contributed by atoms with Crippen molar-refractivity contribution in [3.8, 4) is 0 Å². The Balaban J connectivity index is 1.91. The lowest BCUT2D eigenvalue weighted by atomic mass is 10.1. The maximum atomic E-state index is 5.36. The fraction of sp³-hybridized carbons (Fsp3) is 0.818. The first-order valence-electron chi connectivity index (χ1n) is 5.70. The van der Waals surface area contributed by atoms with Crippen LogP contribution in [0.3, 0.4) is 0 Å². The van der Waals surface area contributed by atoms with E-state index < -0.39 is 0 Å². The van der Waals surface area contributed by atoms with Crippen LogP contribution in [0.2, 0.25) is 0 Å². The predicted molar refractivity (Wildman–Crippen MR) is 64.7 cm³/mol. The van der Waals surface area contributed by atoms with Gasteiger partial charge in [0.1, 0.15) is 10.0 Å². The average molecular weight is 241 g/mol. The van der Waals surface area contributed by atoms with Crippen LogP contribution < -0.4 is 5.32 Å². The van der Waals surface area contributed by atoms with E-state index in [9.17, 15) is 0 Å². The Kier molecular flexibility index (Phi) is 3.56. The summed E-state index contributed by atoms with van der Waals surface area (Å²) in [6.45, 7) is 8.93. The molecule has 1 aliphatic rings. The first-order chi connectivity index (χ1) is 7.54. The molecule has 1 unspecified atom stereocenters. The third-order valence-corrected chi connectivity index (χ3v) is 3.62. The van der Waals surface area contributed by atoms with Crippen molar-refractivity contribution in [2.75, 3.05) is 13.2 Å². The fourth-order valence-electron chi connectivity index (χ4n) is 1.57. The SMILES string of the molecule is CC(C)(C)NCc1nnc(C2CCOC2)s1.